The second-order valence-corrected chi connectivity index (χ2v) is 6.15. The van der Waals surface area contributed by atoms with Crippen LogP contribution in [0.25, 0.3) is 0 Å². The number of ether oxygens (including phenoxy) is 1. The van der Waals surface area contributed by atoms with Crippen molar-refractivity contribution in [2.75, 3.05) is 38.2 Å². The summed E-state index contributed by atoms with van der Waals surface area (Å²) in [5, 5.41) is 0.712. The first-order chi connectivity index (χ1) is 9.93. The SMILES string of the molecule is COc1cc(Cl)c(C)cc1N1CCN(C(=O)C(C)C)CC1. The van der Waals surface area contributed by atoms with Gasteiger partial charge in [-0.05, 0) is 18.6 Å². The van der Waals surface area contributed by atoms with Gasteiger partial charge in [-0.1, -0.05) is 25.4 Å². The fourth-order valence-corrected chi connectivity index (χ4v) is 2.75. The monoisotopic (exact) mass is 310 g/mol. The molecule has 1 aromatic rings. The Bertz CT molecular complexity index is 523. The van der Waals surface area contributed by atoms with E-state index in [4.69, 9.17) is 16.3 Å². The summed E-state index contributed by atoms with van der Waals surface area (Å²) in [4.78, 5) is 16.2. The van der Waals surface area contributed by atoms with E-state index < -0.39 is 0 Å². The quantitative estimate of drug-likeness (QED) is 0.860. The molecule has 1 aliphatic heterocycles. The number of rotatable bonds is 3. The number of hydrogen-bond donors (Lipinski definition) is 0. The predicted octanol–water partition coefficient (Wildman–Crippen LogP) is 2.96. The minimum Gasteiger partial charge on any atom is -0.495 e. The van der Waals surface area contributed by atoms with Crippen LogP contribution >= 0.6 is 11.6 Å². The highest BCUT2D eigenvalue weighted by Gasteiger charge is 2.24. The van der Waals surface area contributed by atoms with E-state index in [0.29, 0.717) is 5.02 Å². The molecule has 21 heavy (non-hydrogen) atoms. The van der Waals surface area contributed by atoms with E-state index in [0.717, 1.165) is 43.2 Å². The molecule has 2 rings (SSSR count). The number of amides is 1. The maximum Gasteiger partial charge on any atom is 0.225 e. The van der Waals surface area contributed by atoms with Gasteiger partial charge in [-0.2, -0.15) is 0 Å². The van der Waals surface area contributed by atoms with Crippen LogP contribution in [0.3, 0.4) is 0 Å². The Morgan fingerprint density at radius 3 is 2.38 bits per heavy atom. The molecule has 1 aliphatic rings. The van der Waals surface area contributed by atoms with Crippen molar-refractivity contribution < 1.29 is 9.53 Å². The molecule has 0 aliphatic carbocycles. The number of halogens is 1. The van der Waals surface area contributed by atoms with E-state index in [-0.39, 0.29) is 11.8 Å². The summed E-state index contributed by atoms with van der Waals surface area (Å²) in [6, 6.07) is 3.92. The minimum absolute atomic E-state index is 0.0591. The molecular weight excluding hydrogens is 288 g/mol. The number of carbonyl (C=O) groups excluding carboxylic acids is 1. The third-order valence-corrected chi connectivity index (χ3v) is 4.29. The molecule has 0 unspecified atom stereocenters. The average Bonchev–Trinajstić information content (AvgIpc) is 2.49. The summed E-state index contributed by atoms with van der Waals surface area (Å²) in [5.41, 5.74) is 2.09. The molecule has 0 spiro atoms. The Kier molecular flexibility index (Phi) is 4.99. The Balaban J connectivity index is 2.12. The maximum atomic E-state index is 12.0. The molecule has 1 saturated heterocycles. The van der Waals surface area contributed by atoms with Gasteiger partial charge in [0.1, 0.15) is 5.75 Å². The van der Waals surface area contributed by atoms with Crippen LogP contribution in [0.15, 0.2) is 12.1 Å². The predicted molar refractivity (Wildman–Crippen MR) is 86.4 cm³/mol. The van der Waals surface area contributed by atoms with Gasteiger partial charge in [-0.25, -0.2) is 0 Å². The summed E-state index contributed by atoms with van der Waals surface area (Å²) in [7, 11) is 1.66. The van der Waals surface area contributed by atoms with Crippen molar-refractivity contribution in [3.8, 4) is 5.75 Å². The van der Waals surface area contributed by atoms with Crippen LogP contribution in [-0.2, 0) is 4.79 Å². The number of methoxy groups -OCH3 is 1. The normalized spacial score (nSPS) is 15.5. The Labute approximate surface area is 131 Å². The van der Waals surface area contributed by atoms with Crippen LogP contribution in [-0.4, -0.2) is 44.1 Å². The van der Waals surface area contributed by atoms with Crippen LogP contribution in [0.2, 0.25) is 5.02 Å². The fourth-order valence-electron chi connectivity index (χ4n) is 2.59. The fraction of sp³-hybridized carbons (Fsp3) is 0.562. The van der Waals surface area contributed by atoms with Crippen LogP contribution in [0.1, 0.15) is 19.4 Å². The first-order valence-electron chi connectivity index (χ1n) is 7.32. The minimum atomic E-state index is 0.0591. The molecule has 0 aromatic heterocycles. The Hall–Kier alpha value is -1.42. The second-order valence-electron chi connectivity index (χ2n) is 5.74. The molecule has 0 atom stereocenters. The van der Waals surface area contributed by atoms with Crippen LogP contribution in [0.5, 0.6) is 5.75 Å². The Morgan fingerprint density at radius 1 is 1.24 bits per heavy atom. The molecule has 0 radical (unpaired) electrons. The van der Waals surface area contributed by atoms with Crippen molar-refractivity contribution >= 4 is 23.2 Å². The van der Waals surface area contributed by atoms with Gasteiger partial charge >= 0.3 is 0 Å². The smallest absolute Gasteiger partial charge is 0.225 e. The van der Waals surface area contributed by atoms with Crippen molar-refractivity contribution in [3.05, 3.63) is 22.7 Å². The molecule has 1 fully saturated rings. The lowest BCUT2D eigenvalue weighted by atomic mass is 10.1. The number of anilines is 1. The Morgan fingerprint density at radius 2 is 1.86 bits per heavy atom. The van der Waals surface area contributed by atoms with Crippen molar-refractivity contribution in [3.63, 3.8) is 0 Å². The van der Waals surface area contributed by atoms with Gasteiger partial charge in [0.05, 0.1) is 12.8 Å². The zero-order valence-corrected chi connectivity index (χ0v) is 13.9. The molecule has 1 amide bonds. The van der Waals surface area contributed by atoms with E-state index in [1.54, 1.807) is 7.11 Å². The van der Waals surface area contributed by atoms with E-state index >= 15 is 0 Å². The molecular formula is C16H23ClN2O2. The van der Waals surface area contributed by atoms with Gasteiger partial charge in [-0.3, -0.25) is 4.79 Å². The van der Waals surface area contributed by atoms with E-state index in [2.05, 4.69) is 11.0 Å². The van der Waals surface area contributed by atoms with Gasteiger partial charge in [0.25, 0.3) is 0 Å². The average molecular weight is 311 g/mol. The zero-order valence-electron chi connectivity index (χ0n) is 13.1. The molecule has 116 valence electrons. The highest BCUT2D eigenvalue weighted by Crippen LogP contribution is 2.34. The third kappa shape index (κ3) is 3.43. The van der Waals surface area contributed by atoms with Crippen molar-refractivity contribution in [1.82, 2.24) is 4.90 Å². The van der Waals surface area contributed by atoms with Crippen LogP contribution in [0.4, 0.5) is 5.69 Å². The largest absolute Gasteiger partial charge is 0.495 e. The van der Waals surface area contributed by atoms with Crippen LogP contribution in [0, 0.1) is 12.8 Å². The van der Waals surface area contributed by atoms with Gasteiger partial charge in [0, 0.05) is 43.2 Å². The number of benzene rings is 1. The molecule has 0 bridgehead atoms. The van der Waals surface area contributed by atoms with Gasteiger partial charge in [0.2, 0.25) is 5.91 Å². The molecule has 0 N–H and O–H groups in total. The van der Waals surface area contributed by atoms with Crippen molar-refractivity contribution in [1.29, 1.82) is 0 Å². The maximum absolute atomic E-state index is 12.0. The van der Waals surface area contributed by atoms with E-state index in [9.17, 15) is 4.79 Å². The van der Waals surface area contributed by atoms with Gasteiger partial charge in [-0.15, -0.1) is 0 Å². The zero-order chi connectivity index (χ0) is 15.6. The summed E-state index contributed by atoms with van der Waals surface area (Å²) >= 11 is 6.15. The third-order valence-electron chi connectivity index (χ3n) is 3.89. The lowest BCUT2D eigenvalue weighted by Crippen LogP contribution is -2.50. The number of aryl methyl sites for hydroxylation is 1. The molecule has 1 heterocycles. The highest BCUT2D eigenvalue weighted by atomic mass is 35.5. The van der Waals surface area contributed by atoms with E-state index in [1.807, 2.05) is 31.7 Å². The molecule has 5 heteroatoms. The lowest BCUT2D eigenvalue weighted by Gasteiger charge is -2.37. The summed E-state index contributed by atoms with van der Waals surface area (Å²) < 4.78 is 5.44. The van der Waals surface area contributed by atoms with Gasteiger partial charge < -0.3 is 14.5 Å². The summed E-state index contributed by atoms with van der Waals surface area (Å²) in [6.07, 6.45) is 0. The molecule has 1 aromatic carbocycles. The van der Waals surface area contributed by atoms with E-state index in [1.165, 1.54) is 0 Å². The summed E-state index contributed by atoms with van der Waals surface area (Å²) in [5.74, 6) is 1.08. The summed E-state index contributed by atoms with van der Waals surface area (Å²) in [6.45, 7) is 9.01. The van der Waals surface area contributed by atoms with Crippen molar-refractivity contribution in [2.24, 2.45) is 5.92 Å². The molecule has 0 saturated carbocycles. The first-order valence-corrected chi connectivity index (χ1v) is 7.69. The number of nitrogens with zero attached hydrogens (tertiary/aromatic N) is 2. The number of hydrogen-bond acceptors (Lipinski definition) is 3. The highest BCUT2D eigenvalue weighted by molar-refractivity contribution is 6.31. The molecule has 4 nitrogen and oxygen atoms in total. The van der Waals surface area contributed by atoms with Crippen LogP contribution < -0.4 is 9.64 Å². The lowest BCUT2D eigenvalue weighted by molar-refractivity contribution is -0.134. The standard InChI is InChI=1S/C16H23ClN2O2/c1-11(2)16(20)19-7-5-18(6-8-19)14-9-12(3)13(17)10-15(14)21-4/h9-11H,5-8H2,1-4H3. The first kappa shape index (κ1) is 16.0. The number of carbonyl (C=O) groups is 1. The van der Waals surface area contributed by atoms with Gasteiger partial charge in [0.15, 0.2) is 0 Å². The number of piperazine rings is 1. The second kappa shape index (κ2) is 6.56. The van der Waals surface area contributed by atoms with Crippen molar-refractivity contribution in [2.45, 2.75) is 20.8 Å². The topological polar surface area (TPSA) is 32.8 Å².